The molecule has 1 fully saturated rings. The summed E-state index contributed by atoms with van der Waals surface area (Å²) in [5.74, 6) is 1.76. The van der Waals surface area contributed by atoms with Crippen LogP contribution in [-0.4, -0.2) is 26.4 Å². The molecule has 1 aromatic heterocycles. The second-order valence-corrected chi connectivity index (χ2v) is 7.54. The summed E-state index contributed by atoms with van der Waals surface area (Å²) in [6.07, 6.45) is 2.36. The Kier molecular flexibility index (Phi) is 5.48. The highest BCUT2D eigenvalue weighted by molar-refractivity contribution is 7.99. The van der Waals surface area contributed by atoms with Gasteiger partial charge < -0.3 is 9.88 Å². The lowest BCUT2D eigenvalue weighted by Crippen LogP contribution is -2.14. The predicted molar refractivity (Wildman–Crippen MR) is 109 cm³/mol. The van der Waals surface area contributed by atoms with E-state index < -0.39 is 0 Å². The molecule has 2 aromatic carbocycles. The van der Waals surface area contributed by atoms with Crippen LogP contribution in [0.25, 0.3) is 0 Å². The lowest BCUT2D eigenvalue weighted by atomic mass is 10.3. The lowest BCUT2D eigenvalue weighted by molar-refractivity contribution is -0.113. The summed E-state index contributed by atoms with van der Waals surface area (Å²) < 4.78 is 1.99. The summed E-state index contributed by atoms with van der Waals surface area (Å²) in [5, 5.41) is 20.4. The first-order chi connectivity index (χ1) is 13.7. The maximum absolute atomic E-state index is 12.2. The highest BCUT2D eigenvalue weighted by Crippen LogP contribution is 2.39. The van der Waals surface area contributed by atoms with E-state index in [9.17, 15) is 4.79 Å². The number of amides is 1. The van der Waals surface area contributed by atoms with E-state index in [-0.39, 0.29) is 11.7 Å². The van der Waals surface area contributed by atoms with Crippen LogP contribution in [0.3, 0.4) is 0 Å². The van der Waals surface area contributed by atoms with Crippen LogP contribution >= 0.6 is 11.8 Å². The summed E-state index contributed by atoms with van der Waals surface area (Å²) in [4.78, 5) is 12.2. The summed E-state index contributed by atoms with van der Waals surface area (Å²) in [7, 11) is 1.95. The van der Waals surface area contributed by atoms with E-state index in [4.69, 9.17) is 0 Å². The zero-order chi connectivity index (χ0) is 19.3. The molecule has 0 aliphatic heterocycles. The molecule has 0 spiro atoms. The number of anilines is 1. The van der Waals surface area contributed by atoms with Gasteiger partial charge >= 0.3 is 0 Å². The Morgan fingerprint density at radius 1 is 1.07 bits per heavy atom. The van der Waals surface area contributed by atoms with Crippen LogP contribution in [0.1, 0.15) is 24.6 Å². The van der Waals surface area contributed by atoms with Crippen LogP contribution in [0.4, 0.5) is 17.1 Å². The third kappa shape index (κ3) is 4.64. The minimum absolute atomic E-state index is 0.0837. The van der Waals surface area contributed by atoms with E-state index in [1.807, 2.05) is 66.2 Å². The fraction of sp³-hybridized carbons (Fsp3) is 0.250. The quantitative estimate of drug-likeness (QED) is 0.461. The second kappa shape index (κ2) is 8.35. The fourth-order valence-electron chi connectivity index (χ4n) is 2.70. The molecule has 28 heavy (non-hydrogen) atoms. The molecule has 0 atom stereocenters. The molecule has 1 aliphatic carbocycles. The largest absolute Gasteiger partial charge is 0.325 e. The van der Waals surface area contributed by atoms with Gasteiger partial charge in [-0.15, -0.1) is 10.2 Å². The molecular formula is C20H20N6OS. The zero-order valence-corrected chi connectivity index (χ0v) is 16.3. The topological polar surface area (TPSA) is 84.5 Å². The van der Waals surface area contributed by atoms with Crippen LogP contribution in [0.2, 0.25) is 0 Å². The molecule has 0 radical (unpaired) electrons. The van der Waals surface area contributed by atoms with E-state index in [0.29, 0.717) is 5.92 Å². The standard InChI is InChI=1S/C20H20N6OS/c1-26-19(14-7-8-14)24-25-20(26)28-13-18(27)21-15-9-11-17(12-10-15)23-22-16-5-3-2-4-6-16/h2-6,9-12,14H,7-8,13H2,1H3,(H,21,27). The Morgan fingerprint density at radius 2 is 1.75 bits per heavy atom. The van der Waals surface area contributed by atoms with Crippen molar-refractivity contribution in [1.29, 1.82) is 0 Å². The Hall–Kier alpha value is -3.00. The van der Waals surface area contributed by atoms with Gasteiger partial charge in [-0.2, -0.15) is 10.2 Å². The van der Waals surface area contributed by atoms with Gasteiger partial charge in [-0.05, 0) is 49.2 Å². The highest BCUT2D eigenvalue weighted by Gasteiger charge is 2.29. The molecule has 3 aromatic rings. The van der Waals surface area contributed by atoms with Crippen molar-refractivity contribution in [1.82, 2.24) is 14.8 Å². The monoisotopic (exact) mass is 392 g/mol. The fourth-order valence-corrected chi connectivity index (χ4v) is 3.42. The van der Waals surface area contributed by atoms with Gasteiger partial charge in [-0.3, -0.25) is 4.79 Å². The van der Waals surface area contributed by atoms with Crippen molar-refractivity contribution in [2.45, 2.75) is 23.9 Å². The molecule has 1 N–H and O–H groups in total. The van der Waals surface area contributed by atoms with Crippen molar-refractivity contribution in [3.05, 3.63) is 60.4 Å². The van der Waals surface area contributed by atoms with Gasteiger partial charge in [0.1, 0.15) is 5.82 Å². The predicted octanol–water partition coefficient (Wildman–Crippen LogP) is 4.84. The number of aromatic nitrogens is 3. The van der Waals surface area contributed by atoms with E-state index in [2.05, 4.69) is 25.7 Å². The number of hydrogen-bond acceptors (Lipinski definition) is 6. The van der Waals surface area contributed by atoms with E-state index >= 15 is 0 Å². The first-order valence-corrected chi connectivity index (χ1v) is 10.1. The smallest absolute Gasteiger partial charge is 0.234 e. The molecule has 1 saturated carbocycles. The minimum atomic E-state index is -0.0837. The molecule has 142 valence electrons. The molecule has 7 nitrogen and oxygen atoms in total. The number of thioether (sulfide) groups is 1. The number of nitrogens with zero attached hydrogens (tertiary/aromatic N) is 5. The minimum Gasteiger partial charge on any atom is -0.325 e. The third-order valence-electron chi connectivity index (χ3n) is 4.33. The molecule has 8 heteroatoms. The van der Waals surface area contributed by atoms with Gasteiger partial charge in [0, 0.05) is 18.7 Å². The average Bonchev–Trinajstić information content (AvgIpc) is 3.49. The van der Waals surface area contributed by atoms with Gasteiger partial charge in [0.2, 0.25) is 5.91 Å². The summed E-state index contributed by atoms with van der Waals surface area (Å²) in [6, 6.07) is 16.8. The molecule has 0 unspecified atom stereocenters. The lowest BCUT2D eigenvalue weighted by Gasteiger charge is -2.05. The van der Waals surface area contributed by atoms with Crippen LogP contribution in [0.15, 0.2) is 70.0 Å². The van der Waals surface area contributed by atoms with Crippen molar-refractivity contribution >= 4 is 34.7 Å². The van der Waals surface area contributed by atoms with E-state index in [0.717, 1.165) is 28.0 Å². The van der Waals surface area contributed by atoms with Crippen molar-refractivity contribution in [3.8, 4) is 0 Å². The average molecular weight is 392 g/mol. The second-order valence-electron chi connectivity index (χ2n) is 6.59. The van der Waals surface area contributed by atoms with Gasteiger partial charge in [0.15, 0.2) is 5.16 Å². The Bertz CT molecular complexity index is 980. The van der Waals surface area contributed by atoms with E-state index in [1.54, 1.807) is 0 Å². The summed E-state index contributed by atoms with van der Waals surface area (Å²) in [6.45, 7) is 0. The number of benzene rings is 2. The van der Waals surface area contributed by atoms with Crippen molar-refractivity contribution in [2.24, 2.45) is 17.3 Å². The number of azo groups is 1. The Balaban J connectivity index is 1.29. The third-order valence-corrected chi connectivity index (χ3v) is 5.35. The van der Waals surface area contributed by atoms with Crippen LogP contribution in [0, 0.1) is 0 Å². The van der Waals surface area contributed by atoms with Crippen molar-refractivity contribution < 1.29 is 4.79 Å². The molecule has 1 aliphatic rings. The Morgan fingerprint density at radius 3 is 2.43 bits per heavy atom. The molecule has 1 amide bonds. The van der Waals surface area contributed by atoms with Crippen LogP contribution < -0.4 is 5.32 Å². The first-order valence-electron chi connectivity index (χ1n) is 9.08. The highest BCUT2D eigenvalue weighted by atomic mass is 32.2. The molecule has 1 heterocycles. The first kappa shape index (κ1) is 18.4. The van der Waals surface area contributed by atoms with Crippen molar-refractivity contribution in [3.63, 3.8) is 0 Å². The zero-order valence-electron chi connectivity index (χ0n) is 15.4. The van der Waals surface area contributed by atoms with Crippen LogP contribution in [0.5, 0.6) is 0 Å². The van der Waals surface area contributed by atoms with Gasteiger partial charge in [-0.1, -0.05) is 30.0 Å². The van der Waals surface area contributed by atoms with Crippen LogP contribution in [-0.2, 0) is 11.8 Å². The van der Waals surface area contributed by atoms with Gasteiger partial charge in [0.25, 0.3) is 0 Å². The maximum Gasteiger partial charge on any atom is 0.234 e. The number of nitrogens with one attached hydrogen (secondary N) is 1. The molecule has 0 bridgehead atoms. The Labute approximate surface area is 167 Å². The molecule has 0 saturated heterocycles. The maximum atomic E-state index is 12.2. The number of carbonyl (C=O) groups excluding carboxylic acids is 1. The van der Waals surface area contributed by atoms with Gasteiger partial charge in [0.05, 0.1) is 17.1 Å². The number of rotatable bonds is 7. The summed E-state index contributed by atoms with van der Waals surface area (Å²) >= 11 is 1.39. The van der Waals surface area contributed by atoms with E-state index in [1.165, 1.54) is 24.6 Å². The molecular weight excluding hydrogens is 372 g/mol. The summed E-state index contributed by atoms with van der Waals surface area (Å²) in [5.41, 5.74) is 2.24. The van der Waals surface area contributed by atoms with Gasteiger partial charge in [-0.25, -0.2) is 0 Å². The number of carbonyl (C=O) groups is 1. The normalized spacial score (nSPS) is 13.8. The SMILES string of the molecule is Cn1c(SCC(=O)Nc2ccc(N=Nc3ccccc3)cc2)nnc1C1CC1. The number of hydrogen-bond donors (Lipinski definition) is 1. The molecule has 4 rings (SSSR count). The van der Waals surface area contributed by atoms with Crippen molar-refractivity contribution in [2.75, 3.05) is 11.1 Å².